The lowest BCUT2D eigenvalue weighted by molar-refractivity contribution is -0.150. The molecule has 52 heavy (non-hydrogen) atoms. The smallest absolute Gasteiger partial charge is 0.306 e. The molecule has 0 saturated carbocycles. The fourth-order valence-corrected chi connectivity index (χ4v) is 7.60. The number of hydrogen-bond acceptors (Lipinski definition) is 5. The van der Waals surface area contributed by atoms with E-state index in [0.717, 1.165) is 89.8 Å². The summed E-state index contributed by atoms with van der Waals surface area (Å²) in [6.07, 6.45) is 42.8. The molecule has 0 amide bonds. The van der Waals surface area contributed by atoms with Gasteiger partial charge in [-0.25, -0.2) is 4.98 Å². The van der Waals surface area contributed by atoms with Crippen molar-refractivity contribution in [3.05, 3.63) is 18.2 Å². The standard InChI is InChI=1S/C46H89N3O3/c1-5-8-11-14-17-18-19-20-22-27-33-44(50)42-48(39-32-40-49-41-37-47-43(49)4)38-31-26-21-25-30-36-46(51)52-45(34-28-23-15-12-9-6-2)35-29-24-16-13-10-7-3/h37,41,44-45,50H,5-36,38-40,42H2,1-4H3. The molecule has 0 aliphatic heterocycles. The van der Waals surface area contributed by atoms with E-state index < -0.39 is 0 Å². The summed E-state index contributed by atoms with van der Waals surface area (Å²) >= 11 is 0. The quantitative estimate of drug-likeness (QED) is 0.0538. The van der Waals surface area contributed by atoms with Gasteiger partial charge in [0.2, 0.25) is 0 Å². The number of carbonyl (C=O) groups is 1. The number of unbranched alkanes of at least 4 members (excludes halogenated alkanes) is 23. The number of aromatic nitrogens is 2. The number of ether oxygens (including phenoxy) is 1. The number of aliphatic hydroxyl groups is 1. The third-order valence-corrected chi connectivity index (χ3v) is 11.1. The molecule has 1 heterocycles. The summed E-state index contributed by atoms with van der Waals surface area (Å²) < 4.78 is 8.30. The van der Waals surface area contributed by atoms with E-state index >= 15 is 0 Å². The maximum atomic E-state index is 12.8. The van der Waals surface area contributed by atoms with Gasteiger partial charge in [-0.1, -0.05) is 168 Å². The summed E-state index contributed by atoms with van der Waals surface area (Å²) in [6.45, 7) is 12.7. The highest BCUT2D eigenvalue weighted by Gasteiger charge is 2.15. The number of hydrogen-bond donors (Lipinski definition) is 1. The second kappa shape index (κ2) is 36.6. The highest BCUT2D eigenvalue weighted by molar-refractivity contribution is 5.69. The zero-order valence-electron chi connectivity index (χ0n) is 35.4. The summed E-state index contributed by atoms with van der Waals surface area (Å²) in [6, 6.07) is 0. The Bertz CT molecular complexity index is 874. The van der Waals surface area contributed by atoms with Crippen LogP contribution in [0.1, 0.15) is 232 Å². The van der Waals surface area contributed by atoms with Crippen LogP contribution in [0.2, 0.25) is 0 Å². The lowest BCUT2D eigenvalue weighted by atomic mass is 10.0. The van der Waals surface area contributed by atoms with E-state index in [0.29, 0.717) is 6.42 Å². The van der Waals surface area contributed by atoms with Crippen molar-refractivity contribution < 1.29 is 14.6 Å². The van der Waals surface area contributed by atoms with Gasteiger partial charge in [0.25, 0.3) is 0 Å². The third kappa shape index (κ3) is 30.0. The van der Waals surface area contributed by atoms with Gasteiger partial charge in [-0.15, -0.1) is 0 Å². The summed E-state index contributed by atoms with van der Waals surface area (Å²) in [4.78, 5) is 19.7. The van der Waals surface area contributed by atoms with Gasteiger partial charge in [0.05, 0.1) is 6.10 Å². The van der Waals surface area contributed by atoms with Gasteiger partial charge in [-0.3, -0.25) is 4.79 Å². The molecule has 1 atom stereocenters. The van der Waals surface area contributed by atoms with Gasteiger partial charge >= 0.3 is 5.97 Å². The predicted molar refractivity (Wildman–Crippen MR) is 224 cm³/mol. The van der Waals surface area contributed by atoms with Crippen molar-refractivity contribution in [2.45, 2.75) is 252 Å². The van der Waals surface area contributed by atoms with Crippen LogP contribution in [0.5, 0.6) is 0 Å². The minimum Gasteiger partial charge on any atom is -0.462 e. The van der Waals surface area contributed by atoms with Crippen molar-refractivity contribution in [3.8, 4) is 0 Å². The summed E-state index contributed by atoms with van der Waals surface area (Å²) in [5.41, 5.74) is 0. The molecular formula is C46H89N3O3. The third-order valence-electron chi connectivity index (χ3n) is 11.1. The van der Waals surface area contributed by atoms with E-state index in [1.807, 2.05) is 6.20 Å². The Hall–Kier alpha value is -1.40. The molecule has 6 nitrogen and oxygen atoms in total. The molecule has 1 aromatic rings. The van der Waals surface area contributed by atoms with Crippen LogP contribution in [-0.2, 0) is 16.1 Å². The summed E-state index contributed by atoms with van der Waals surface area (Å²) in [7, 11) is 0. The molecule has 1 unspecified atom stereocenters. The Morgan fingerprint density at radius 1 is 0.635 bits per heavy atom. The average molecular weight is 732 g/mol. The summed E-state index contributed by atoms with van der Waals surface area (Å²) in [5, 5.41) is 10.9. The normalized spacial score (nSPS) is 12.4. The van der Waals surface area contributed by atoms with Crippen LogP contribution in [0.4, 0.5) is 0 Å². The Labute approximate surface area is 324 Å². The average Bonchev–Trinajstić information content (AvgIpc) is 3.55. The number of imidazole rings is 1. The molecule has 0 aromatic carbocycles. The Balaban J connectivity index is 2.34. The second-order valence-electron chi connectivity index (χ2n) is 16.2. The first-order valence-corrected chi connectivity index (χ1v) is 23.1. The molecule has 1 N–H and O–H groups in total. The fourth-order valence-electron chi connectivity index (χ4n) is 7.60. The van der Waals surface area contributed by atoms with E-state index in [2.05, 4.69) is 48.3 Å². The van der Waals surface area contributed by atoms with E-state index in [1.165, 1.54) is 141 Å². The minimum atomic E-state index is -0.235. The van der Waals surface area contributed by atoms with Crippen molar-refractivity contribution in [1.29, 1.82) is 0 Å². The zero-order chi connectivity index (χ0) is 37.7. The number of esters is 1. The molecule has 1 rings (SSSR count). The van der Waals surface area contributed by atoms with Crippen molar-refractivity contribution in [2.75, 3.05) is 19.6 Å². The zero-order valence-corrected chi connectivity index (χ0v) is 35.4. The monoisotopic (exact) mass is 732 g/mol. The van der Waals surface area contributed by atoms with E-state index in [1.54, 1.807) is 0 Å². The van der Waals surface area contributed by atoms with Gasteiger partial charge in [-0.2, -0.15) is 0 Å². The van der Waals surface area contributed by atoms with Crippen LogP contribution in [0.3, 0.4) is 0 Å². The molecule has 0 aliphatic rings. The van der Waals surface area contributed by atoms with Gasteiger partial charge < -0.3 is 19.3 Å². The molecular weight excluding hydrogens is 643 g/mol. The SMILES string of the molecule is CCCCCCCCCCCCC(O)CN(CCCCCCCC(=O)OC(CCCCCCCC)CCCCCCCC)CCCn1ccnc1C. The maximum absolute atomic E-state index is 12.8. The van der Waals surface area contributed by atoms with Gasteiger partial charge in [-0.05, 0) is 71.4 Å². The number of aliphatic hydroxyl groups excluding tert-OH is 1. The van der Waals surface area contributed by atoms with Crippen molar-refractivity contribution in [1.82, 2.24) is 14.5 Å². The van der Waals surface area contributed by atoms with Crippen LogP contribution in [-0.4, -0.2) is 57.4 Å². The van der Waals surface area contributed by atoms with Crippen LogP contribution >= 0.6 is 0 Å². The van der Waals surface area contributed by atoms with Crippen LogP contribution in [0, 0.1) is 6.92 Å². The maximum Gasteiger partial charge on any atom is 0.306 e. The molecule has 0 radical (unpaired) electrons. The first-order valence-electron chi connectivity index (χ1n) is 23.1. The molecule has 1 aromatic heterocycles. The van der Waals surface area contributed by atoms with Crippen LogP contribution in [0.25, 0.3) is 0 Å². The second-order valence-corrected chi connectivity index (χ2v) is 16.2. The summed E-state index contributed by atoms with van der Waals surface area (Å²) in [5.74, 6) is 1.10. The highest BCUT2D eigenvalue weighted by atomic mass is 16.5. The topological polar surface area (TPSA) is 67.6 Å². The van der Waals surface area contributed by atoms with Gasteiger partial charge in [0, 0.05) is 31.9 Å². The molecule has 6 heteroatoms. The molecule has 0 spiro atoms. The first kappa shape index (κ1) is 48.6. The largest absolute Gasteiger partial charge is 0.462 e. The highest BCUT2D eigenvalue weighted by Crippen LogP contribution is 2.19. The molecule has 0 bridgehead atoms. The first-order chi connectivity index (χ1) is 25.5. The Kier molecular flexibility index (Phi) is 34.2. The number of carbonyl (C=O) groups excluding carboxylic acids is 1. The molecule has 0 saturated heterocycles. The molecule has 0 fully saturated rings. The minimum absolute atomic E-state index is 0.0256. The van der Waals surface area contributed by atoms with Crippen molar-refractivity contribution in [3.63, 3.8) is 0 Å². The Morgan fingerprint density at radius 2 is 1.08 bits per heavy atom. The van der Waals surface area contributed by atoms with Gasteiger partial charge in [0.1, 0.15) is 11.9 Å². The lowest BCUT2D eigenvalue weighted by Gasteiger charge is -2.25. The van der Waals surface area contributed by atoms with E-state index in [4.69, 9.17) is 4.74 Å². The van der Waals surface area contributed by atoms with Gasteiger partial charge in [0.15, 0.2) is 0 Å². The number of nitrogens with zero attached hydrogens (tertiary/aromatic N) is 3. The molecule has 0 aliphatic carbocycles. The number of rotatable bonds is 40. The van der Waals surface area contributed by atoms with E-state index in [9.17, 15) is 9.90 Å². The van der Waals surface area contributed by atoms with Crippen molar-refractivity contribution >= 4 is 5.97 Å². The Morgan fingerprint density at radius 3 is 1.58 bits per heavy atom. The fraction of sp³-hybridized carbons (Fsp3) is 0.913. The van der Waals surface area contributed by atoms with E-state index in [-0.39, 0.29) is 18.2 Å². The van der Waals surface area contributed by atoms with Crippen molar-refractivity contribution in [2.24, 2.45) is 0 Å². The van der Waals surface area contributed by atoms with Crippen LogP contribution < -0.4 is 0 Å². The number of aryl methyl sites for hydroxylation is 2. The molecule has 306 valence electrons. The van der Waals surface area contributed by atoms with Crippen LogP contribution in [0.15, 0.2) is 12.4 Å². The lowest BCUT2D eigenvalue weighted by Crippen LogP contribution is -2.34. The predicted octanol–water partition coefficient (Wildman–Crippen LogP) is 13.3.